The van der Waals surface area contributed by atoms with Crippen molar-refractivity contribution in [2.24, 2.45) is 16.8 Å². The molecule has 5 nitrogen and oxygen atoms in total. The molecule has 0 spiro atoms. The van der Waals surface area contributed by atoms with Gasteiger partial charge in [-0.05, 0) is 65.0 Å². The Morgan fingerprint density at radius 3 is 2.44 bits per heavy atom. The molecule has 0 aromatic heterocycles. The molecule has 2 saturated carbocycles. The first-order valence-electron chi connectivity index (χ1n) is 10.9. The average molecular weight is 492 g/mol. The number of guanidine groups is 1. The fourth-order valence-electron chi connectivity index (χ4n) is 5.24. The molecule has 6 heteroatoms. The summed E-state index contributed by atoms with van der Waals surface area (Å²) in [6, 6.07) is 0.595. The third-order valence-corrected chi connectivity index (χ3v) is 7.13. The highest BCUT2D eigenvalue weighted by atomic mass is 127. The number of halogens is 1. The molecule has 2 N–H and O–H groups in total. The van der Waals surface area contributed by atoms with Gasteiger partial charge < -0.3 is 20.3 Å². The summed E-state index contributed by atoms with van der Waals surface area (Å²) >= 11 is 0. The second-order valence-electron chi connectivity index (χ2n) is 8.89. The molecule has 0 radical (unpaired) electrons. The van der Waals surface area contributed by atoms with Crippen LogP contribution in [0.4, 0.5) is 0 Å². The molecule has 0 bridgehead atoms. The van der Waals surface area contributed by atoms with Crippen molar-refractivity contribution in [1.29, 1.82) is 0 Å². The largest absolute Gasteiger partial charge is 0.381 e. The van der Waals surface area contributed by atoms with E-state index >= 15 is 0 Å². The number of hydrogen-bond acceptors (Lipinski definition) is 3. The minimum absolute atomic E-state index is 0. The normalized spacial score (nSPS) is 31.0. The first kappa shape index (κ1) is 23.2. The second kappa shape index (κ2) is 11.2. The number of nitrogens with one attached hydrogen (secondary N) is 2. The molecule has 0 amide bonds. The van der Waals surface area contributed by atoms with E-state index in [0.29, 0.717) is 6.04 Å². The maximum Gasteiger partial charge on any atom is 0.191 e. The van der Waals surface area contributed by atoms with Crippen LogP contribution in [0.1, 0.15) is 64.7 Å². The minimum Gasteiger partial charge on any atom is -0.381 e. The van der Waals surface area contributed by atoms with Crippen LogP contribution in [0, 0.1) is 11.8 Å². The van der Waals surface area contributed by atoms with Crippen LogP contribution in [0.15, 0.2) is 4.99 Å². The summed E-state index contributed by atoms with van der Waals surface area (Å²) in [5, 5.41) is 7.26. The molecule has 1 saturated heterocycles. The lowest BCUT2D eigenvalue weighted by Gasteiger charge is -2.42. The first-order chi connectivity index (χ1) is 12.6. The van der Waals surface area contributed by atoms with Crippen LogP contribution >= 0.6 is 24.0 Å². The molecule has 27 heavy (non-hydrogen) atoms. The standard InChI is InChI=1S/C21H40N4O.HI/c1-4-22-20(23-16-21(25(2)3)11-13-26-14-12-21)24-19-10-9-17-7-5-6-8-18(17)15-19;/h17-19H,4-16H2,1-3H3,(H2,22,23,24);1H. The summed E-state index contributed by atoms with van der Waals surface area (Å²) in [5.74, 6) is 2.96. The summed E-state index contributed by atoms with van der Waals surface area (Å²) in [5.41, 5.74) is 0.141. The van der Waals surface area contributed by atoms with E-state index in [1.807, 2.05) is 0 Å². The SMILES string of the molecule is CCNC(=NCC1(N(C)C)CCOCC1)NC1CCC2CCCCC2C1.I. The van der Waals surface area contributed by atoms with Gasteiger partial charge in [-0.25, -0.2) is 0 Å². The monoisotopic (exact) mass is 492 g/mol. The van der Waals surface area contributed by atoms with Gasteiger partial charge >= 0.3 is 0 Å². The minimum atomic E-state index is 0. The van der Waals surface area contributed by atoms with Gasteiger partial charge in [0, 0.05) is 31.3 Å². The number of nitrogens with zero attached hydrogens (tertiary/aromatic N) is 2. The topological polar surface area (TPSA) is 48.9 Å². The number of hydrogen-bond donors (Lipinski definition) is 2. The summed E-state index contributed by atoms with van der Waals surface area (Å²) in [6.45, 7) is 5.62. The Morgan fingerprint density at radius 2 is 1.78 bits per heavy atom. The van der Waals surface area contributed by atoms with Gasteiger partial charge in [0.1, 0.15) is 0 Å². The van der Waals surface area contributed by atoms with Gasteiger partial charge in [-0.2, -0.15) is 0 Å². The van der Waals surface area contributed by atoms with E-state index in [1.165, 1.54) is 44.9 Å². The summed E-state index contributed by atoms with van der Waals surface area (Å²) in [4.78, 5) is 7.38. The van der Waals surface area contributed by atoms with Gasteiger partial charge in [0.05, 0.1) is 6.54 Å². The molecule has 3 atom stereocenters. The molecule has 158 valence electrons. The van der Waals surface area contributed by atoms with Crippen LogP contribution in [0.3, 0.4) is 0 Å². The van der Waals surface area contributed by atoms with Gasteiger partial charge in [0.25, 0.3) is 0 Å². The zero-order valence-electron chi connectivity index (χ0n) is 17.6. The molecule has 3 aliphatic rings. The number of fused-ring (bicyclic) bond motifs is 1. The third-order valence-electron chi connectivity index (χ3n) is 7.13. The van der Waals surface area contributed by atoms with Crippen LogP contribution in [0.25, 0.3) is 0 Å². The van der Waals surface area contributed by atoms with E-state index in [9.17, 15) is 0 Å². The molecule has 3 unspecified atom stereocenters. The van der Waals surface area contributed by atoms with Crippen molar-refractivity contribution in [3.05, 3.63) is 0 Å². The van der Waals surface area contributed by atoms with Crippen LogP contribution in [-0.4, -0.2) is 62.8 Å². The van der Waals surface area contributed by atoms with E-state index in [1.54, 1.807) is 0 Å². The van der Waals surface area contributed by atoms with Crippen molar-refractivity contribution in [2.45, 2.75) is 76.3 Å². The summed E-state index contributed by atoms with van der Waals surface area (Å²) < 4.78 is 5.59. The molecular weight excluding hydrogens is 451 g/mol. The Hall–Kier alpha value is -0.0800. The Kier molecular flexibility index (Phi) is 9.62. The predicted octanol–water partition coefficient (Wildman–Crippen LogP) is 3.63. The maximum absolute atomic E-state index is 5.59. The number of rotatable bonds is 5. The summed E-state index contributed by atoms with van der Waals surface area (Å²) in [6.07, 6.45) is 12.0. The van der Waals surface area contributed by atoms with Crippen molar-refractivity contribution < 1.29 is 4.74 Å². The van der Waals surface area contributed by atoms with Crippen molar-refractivity contribution in [3.8, 4) is 0 Å². The molecular formula is C21H41IN4O. The highest BCUT2D eigenvalue weighted by Crippen LogP contribution is 2.40. The predicted molar refractivity (Wildman–Crippen MR) is 124 cm³/mol. The van der Waals surface area contributed by atoms with E-state index in [-0.39, 0.29) is 29.5 Å². The van der Waals surface area contributed by atoms with E-state index in [4.69, 9.17) is 9.73 Å². The lowest BCUT2D eigenvalue weighted by atomic mass is 9.69. The maximum atomic E-state index is 5.59. The molecule has 2 aliphatic carbocycles. The average Bonchev–Trinajstić information content (AvgIpc) is 2.67. The van der Waals surface area contributed by atoms with Crippen LogP contribution in [0.2, 0.25) is 0 Å². The van der Waals surface area contributed by atoms with Gasteiger partial charge in [-0.1, -0.05) is 25.7 Å². The van der Waals surface area contributed by atoms with E-state index < -0.39 is 0 Å². The van der Waals surface area contributed by atoms with Crippen molar-refractivity contribution in [3.63, 3.8) is 0 Å². The zero-order valence-corrected chi connectivity index (χ0v) is 20.0. The van der Waals surface area contributed by atoms with Crippen LogP contribution in [-0.2, 0) is 4.74 Å². The number of likely N-dealkylation sites (N-methyl/N-ethyl adjacent to an activating group) is 1. The highest BCUT2D eigenvalue weighted by Gasteiger charge is 2.35. The number of aliphatic imine (C=N–C) groups is 1. The molecule has 0 aromatic rings. The Morgan fingerprint density at radius 1 is 1.07 bits per heavy atom. The van der Waals surface area contributed by atoms with Gasteiger partial charge in [-0.3, -0.25) is 4.99 Å². The summed E-state index contributed by atoms with van der Waals surface area (Å²) in [7, 11) is 4.37. The van der Waals surface area contributed by atoms with Crippen molar-refractivity contribution >= 4 is 29.9 Å². The van der Waals surface area contributed by atoms with Crippen molar-refractivity contribution in [2.75, 3.05) is 40.4 Å². The second-order valence-corrected chi connectivity index (χ2v) is 8.89. The highest BCUT2D eigenvalue weighted by molar-refractivity contribution is 14.0. The lowest BCUT2D eigenvalue weighted by Crippen LogP contribution is -2.52. The molecule has 1 heterocycles. The quantitative estimate of drug-likeness (QED) is 0.350. The molecule has 1 aliphatic heterocycles. The van der Waals surface area contributed by atoms with Gasteiger partial charge in [0.15, 0.2) is 5.96 Å². The van der Waals surface area contributed by atoms with Gasteiger partial charge in [-0.15, -0.1) is 24.0 Å². The molecule has 0 aromatic carbocycles. The smallest absolute Gasteiger partial charge is 0.191 e. The number of ether oxygens (including phenoxy) is 1. The fourth-order valence-corrected chi connectivity index (χ4v) is 5.24. The fraction of sp³-hybridized carbons (Fsp3) is 0.952. The van der Waals surface area contributed by atoms with E-state index in [0.717, 1.165) is 56.9 Å². The van der Waals surface area contributed by atoms with Crippen LogP contribution < -0.4 is 10.6 Å². The lowest BCUT2D eigenvalue weighted by molar-refractivity contribution is -0.00256. The van der Waals surface area contributed by atoms with Gasteiger partial charge in [0.2, 0.25) is 0 Å². The van der Waals surface area contributed by atoms with E-state index in [2.05, 4.69) is 36.6 Å². The first-order valence-corrected chi connectivity index (χ1v) is 10.9. The Balaban J connectivity index is 0.00000261. The van der Waals surface area contributed by atoms with Crippen LogP contribution in [0.5, 0.6) is 0 Å². The van der Waals surface area contributed by atoms with Crippen molar-refractivity contribution in [1.82, 2.24) is 15.5 Å². The zero-order chi connectivity index (χ0) is 18.4. The molecule has 3 rings (SSSR count). The third kappa shape index (κ3) is 6.20. The Labute approximate surface area is 183 Å². The Bertz CT molecular complexity index is 465. The molecule has 3 fully saturated rings.